The molecular formula is C20H19FNO+. The number of benzene rings is 3. The number of para-hydroxylation sites is 1. The molecule has 3 heteroatoms. The van der Waals surface area contributed by atoms with Gasteiger partial charge in [-0.05, 0) is 36.4 Å². The first kappa shape index (κ1) is 15.3. The van der Waals surface area contributed by atoms with E-state index >= 15 is 0 Å². The molecule has 0 aliphatic rings. The average molecular weight is 308 g/mol. The fourth-order valence-corrected chi connectivity index (χ4v) is 2.39. The van der Waals surface area contributed by atoms with Gasteiger partial charge in [0.2, 0.25) is 0 Å². The van der Waals surface area contributed by atoms with Crippen LogP contribution in [0.25, 0.3) is 0 Å². The third-order valence-electron chi connectivity index (χ3n) is 3.55. The van der Waals surface area contributed by atoms with Crippen molar-refractivity contribution in [3.63, 3.8) is 0 Å². The van der Waals surface area contributed by atoms with E-state index in [-0.39, 0.29) is 5.82 Å². The standard InChI is InChI=1S/C20H18FNO/c21-18-11-9-16(10-12-18)14-22-15-17-5-4-8-20(13-17)23-19-6-2-1-3-7-19/h1-13,22H,14-15H2/p+1. The number of hydrogen-bond donors (Lipinski definition) is 1. The van der Waals surface area contributed by atoms with Crippen molar-refractivity contribution in [3.05, 3.63) is 95.8 Å². The first-order valence-corrected chi connectivity index (χ1v) is 7.67. The van der Waals surface area contributed by atoms with E-state index in [1.807, 2.05) is 60.7 Å². The summed E-state index contributed by atoms with van der Waals surface area (Å²) in [5.74, 6) is 1.48. The van der Waals surface area contributed by atoms with Crippen molar-refractivity contribution in [2.45, 2.75) is 13.1 Å². The van der Waals surface area contributed by atoms with Gasteiger partial charge in [-0.3, -0.25) is 0 Å². The predicted molar refractivity (Wildman–Crippen MR) is 88.7 cm³/mol. The molecule has 0 aliphatic carbocycles. The number of hydrogen-bond acceptors (Lipinski definition) is 1. The van der Waals surface area contributed by atoms with E-state index < -0.39 is 0 Å². The molecule has 0 bridgehead atoms. The molecule has 116 valence electrons. The fourth-order valence-electron chi connectivity index (χ4n) is 2.39. The third-order valence-corrected chi connectivity index (χ3v) is 3.55. The van der Waals surface area contributed by atoms with Crippen LogP contribution in [-0.4, -0.2) is 0 Å². The highest BCUT2D eigenvalue weighted by molar-refractivity contribution is 5.33. The van der Waals surface area contributed by atoms with Crippen molar-refractivity contribution in [2.75, 3.05) is 0 Å². The van der Waals surface area contributed by atoms with Gasteiger partial charge in [-0.2, -0.15) is 0 Å². The minimum absolute atomic E-state index is 0.195. The Morgan fingerprint density at radius 3 is 2.17 bits per heavy atom. The Kier molecular flexibility index (Phi) is 5.02. The Morgan fingerprint density at radius 2 is 1.39 bits per heavy atom. The third kappa shape index (κ3) is 4.66. The molecule has 0 aromatic heterocycles. The normalized spacial score (nSPS) is 10.5. The molecule has 23 heavy (non-hydrogen) atoms. The maximum absolute atomic E-state index is 12.9. The van der Waals surface area contributed by atoms with Gasteiger partial charge >= 0.3 is 0 Å². The summed E-state index contributed by atoms with van der Waals surface area (Å²) in [5.41, 5.74) is 2.31. The summed E-state index contributed by atoms with van der Waals surface area (Å²) in [6.07, 6.45) is 0. The lowest BCUT2D eigenvalue weighted by atomic mass is 10.2. The largest absolute Gasteiger partial charge is 0.457 e. The zero-order valence-corrected chi connectivity index (χ0v) is 12.8. The Morgan fingerprint density at radius 1 is 0.696 bits per heavy atom. The Balaban J connectivity index is 1.56. The van der Waals surface area contributed by atoms with Gasteiger partial charge in [0.25, 0.3) is 0 Å². The van der Waals surface area contributed by atoms with Crippen LogP contribution in [0.1, 0.15) is 11.1 Å². The van der Waals surface area contributed by atoms with Gasteiger partial charge in [0.15, 0.2) is 0 Å². The Labute approximate surface area is 135 Å². The number of ether oxygens (including phenoxy) is 1. The minimum atomic E-state index is -0.195. The lowest BCUT2D eigenvalue weighted by molar-refractivity contribution is -0.686. The highest BCUT2D eigenvalue weighted by Crippen LogP contribution is 2.21. The number of nitrogens with two attached hydrogens (primary N) is 1. The summed E-state index contributed by atoms with van der Waals surface area (Å²) in [4.78, 5) is 0. The van der Waals surface area contributed by atoms with Crippen LogP contribution in [0, 0.1) is 5.82 Å². The summed E-state index contributed by atoms with van der Waals surface area (Å²) in [5, 5.41) is 2.19. The lowest BCUT2D eigenvalue weighted by Gasteiger charge is -2.07. The highest BCUT2D eigenvalue weighted by atomic mass is 19.1. The average Bonchev–Trinajstić information content (AvgIpc) is 2.58. The van der Waals surface area contributed by atoms with E-state index in [9.17, 15) is 4.39 Å². The molecule has 0 saturated carbocycles. The molecule has 0 heterocycles. The maximum atomic E-state index is 12.9. The van der Waals surface area contributed by atoms with E-state index in [4.69, 9.17) is 4.74 Å². The van der Waals surface area contributed by atoms with Gasteiger partial charge in [-0.15, -0.1) is 0 Å². The van der Waals surface area contributed by atoms with Crippen LogP contribution in [0.3, 0.4) is 0 Å². The first-order chi connectivity index (χ1) is 11.3. The van der Waals surface area contributed by atoms with E-state index in [0.29, 0.717) is 0 Å². The Bertz CT molecular complexity index is 741. The lowest BCUT2D eigenvalue weighted by Crippen LogP contribution is -2.80. The monoisotopic (exact) mass is 308 g/mol. The van der Waals surface area contributed by atoms with Crippen LogP contribution in [0.5, 0.6) is 11.5 Å². The van der Waals surface area contributed by atoms with Crippen molar-refractivity contribution in [1.29, 1.82) is 0 Å². The van der Waals surface area contributed by atoms with Crippen LogP contribution < -0.4 is 10.1 Å². The molecule has 3 aromatic carbocycles. The fraction of sp³-hybridized carbons (Fsp3) is 0.100. The van der Waals surface area contributed by atoms with Crippen molar-refractivity contribution in [1.82, 2.24) is 0 Å². The smallest absolute Gasteiger partial charge is 0.127 e. The number of quaternary nitrogens is 1. The van der Waals surface area contributed by atoms with Crippen LogP contribution in [0.4, 0.5) is 4.39 Å². The summed E-state index contributed by atoms with van der Waals surface area (Å²) in [6.45, 7) is 1.67. The molecule has 0 saturated heterocycles. The van der Waals surface area contributed by atoms with Crippen molar-refractivity contribution >= 4 is 0 Å². The molecule has 3 rings (SSSR count). The predicted octanol–water partition coefficient (Wildman–Crippen LogP) is 3.88. The van der Waals surface area contributed by atoms with E-state index in [0.717, 1.165) is 30.2 Å². The zero-order valence-electron chi connectivity index (χ0n) is 12.8. The van der Waals surface area contributed by atoms with Gasteiger partial charge in [-0.1, -0.05) is 42.5 Å². The number of rotatable bonds is 6. The molecule has 2 N–H and O–H groups in total. The molecule has 0 atom stereocenters. The van der Waals surface area contributed by atoms with E-state index in [1.54, 1.807) is 0 Å². The van der Waals surface area contributed by atoms with Crippen molar-refractivity contribution in [3.8, 4) is 11.5 Å². The molecule has 0 unspecified atom stereocenters. The molecule has 0 radical (unpaired) electrons. The molecule has 2 nitrogen and oxygen atoms in total. The van der Waals surface area contributed by atoms with Gasteiger partial charge < -0.3 is 10.1 Å². The molecule has 0 spiro atoms. The zero-order chi connectivity index (χ0) is 15.9. The second kappa shape index (κ2) is 7.56. The molecule has 0 aliphatic heterocycles. The summed E-state index contributed by atoms with van der Waals surface area (Å²) in [7, 11) is 0. The van der Waals surface area contributed by atoms with Crippen molar-refractivity contribution < 1.29 is 14.4 Å². The SMILES string of the molecule is Fc1ccc(C[NH2+]Cc2cccc(Oc3ccccc3)c2)cc1. The van der Waals surface area contributed by atoms with Gasteiger partial charge in [-0.25, -0.2) is 4.39 Å². The summed E-state index contributed by atoms with van der Waals surface area (Å²) < 4.78 is 18.7. The van der Waals surface area contributed by atoms with Crippen LogP contribution >= 0.6 is 0 Å². The molecular weight excluding hydrogens is 289 g/mol. The minimum Gasteiger partial charge on any atom is -0.457 e. The van der Waals surface area contributed by atoms with E-state index in [1.165, 1.54) is 17.7 Å². The second-order valence-electron chi connectivity index (χ2n) is 5.39. The van der Waals surface area contributed by atoms with Gasteiger partial charge in [0, 0.05) is 11.1 Å². The molecule has 0 fully saturated rings. The van der Waals surface area contributed by atoms with E-state index in [2.05, 4.69) is 11.4 Å². The highest BCUT2D eigenvalue weighted by Gasteiger charge is 2.01. The summed E-state index contributed by atoms with van der Waals surface area (Å²) in [6, 6.07) is 24.5. The topological polar surface area (TPSA) is 25.8 Å². The first-order valence-electron chi connectivity index (χ1n) is 7.67. The quantitative estimate of drug-likeness (QED) is 0.734. The van der Waals surface area contributed by atoms with Gasteiger partial charge in [0.1, 0.15) is 30.4 Å². The Hall–Kier alpha value is -2.65. The molecule has 0 amide bonds. The van der Waals surface area contributed by atoms with Crippen LogP contribution in [-0.2, 0) is 13.1 Å². The second-order valence-corrected chi connectivity index (χ2v) is 5.39. The van der Waals surface area contributed by atoms with Crippen LogP contribution in [0.2, 0.25) is 0 Å². The maximum Gasteiger partial charge on any atom is 0.127 e. The summed E-state index contributed by atoms with van der Waals surface area (Å²) >= 11 is 0. The van der Waals surface area contributed by atoms with Gasteiger partial charge in [0.05, 0.1) is 0 Å². The number of halogens is 1. The van der Waals surface area contributed by atoms with Crippen LogP contribution in [0.15, 0.2) is 78.9 Å². The van der Waals surface area contributed by atoms with Crippen molar-refractivity contribution in [2.24, 2.45) is 0 Å². The molecule has 3 aromatic rings.